The van der Waals surface area contributed by atoms with Crippen LogP contribution < -0.4 is 19.5 Å². The maximum Gasteiger partial charge on any atom is 0.203 e. The van der Waals surface area contributed by atoms with Gasteiger partial charge in [-0.25, -0.2) is 0 Å². The Morgan fingerprint density at radius 3 is 2.24 bits per heavy atom. The predicted octanol–water partition coefficient (Wildman–Crippen LogP) is 3.37. The summed E-state index contributed by atoms with van der Waals surface area (Å²) < 4.78 is 16.2. The summed E-state index contributed by atoms with van der Waals surface area (Å²) in [6.45, 7) is 3.67. The van der Waals surface area contributed by atoms with Crippen LogP contribution in [-0.2, 0) is 13.1 Å². The second-order valence-corrected chi connectivity index (χ2v) is 5.98. The zero-order chi connectivity index (χ0) is 15.2. The number of hydrogen-bond acceptors (Lipinski definition) is 5. The zero-order valence-corrected chi connectivity index (χ0v) is 13.7. The van der Waals surface area contributed by atoms with Gasteiger partial charge in [0.2, 0.25) is 5.75 Å². The first-order valence-electron chi connectivity index (χ1n) is 6.73. The Bertz CT molecular complexity index is 595. The summed E-state index contributed by atoms with van der Waals surface area (Å²) in [6.07, 6.45) is 0. The van der Waals surface area contributed by atoms with Crippen LogP contribution in [0, 0.1) is 6.92 Å². The van der Waals surface area contributed by atoms with Crippen LogP contribution in [0.5, 0.6) is 17.2 Å². The summed E-state index contributed by atoms with van der Waals surface area (Å²) in [6, 6.07) is 8.18. The predicted molar refractivity (Wildman–Crippen MR) is 85.7 cm³/mol. The standard InChI is InChI=1S/C16H21NO3S/c1-11-5-7-13(21-11)10-17-9-12-6-8-14(18-2)16(20-4)15(12)19-3/h5-8,17H,9-10H2,1-4H3. The number of aryl methyl sites for hydroxylation is 1. The van der Waals surface area contributed by atoms with E-state index in [2.05, 4.69) is 24.4 Å². The highest BCUT2D eigenvalue weighted by Crippen LogP contribution is 2.39. The second kappa shape index (κ2) is 7.33. The molecule has 0 aliphatic rings. The minimum atomic E-state index is 0.631. The largest absolute Gasteiger partial charge is 0.493 e. The van der Waals surface area contributed by atoms with E-state index in [1.165, 1.54) is 9.75 Å². The fourth-order valence-electron chi connectivity index (χ4n) is 2.20. The quantitative estimate of drug-likeness (QED) is 0.851. The Hall–Kier alpha value is -1.72. The molecule has 1 N–H and O–H groups in total. The SMILES string of the molecule is COc1ccc(CNCc2ccc(C)s2)c(OC)c1OC. The van der Waals surface area contributed by atoms with Crippen molar-refractivity contribution in [3.8, 4) is 17.2 Å². The van der Waals surface area contributed by atoms with E-state index >= 15 is 0 Å². The third-order valence-electron chi connectivity index (χ3n) is 3.20. The molecule has 21 heavy (non-hydrogen) atoms. The number of nitrogens with one attached hydrogen (secondary N) is 1. The van der Waals surface area contributed by atoms with E-state index in [0.29, 0.717) is 23.8 Å². The minimum absolute atomic E-state index is 0.631. The molecule has 0 spiro atoms. The lowest BCUT2D eigenvalue weighted by atomic mass is 10.1. The topological polar surface area (TPSA) is 39.7 Å². The van der Waals surface area contributed by atoms with Crippen LogP contribution in [0.2, 0.25) is 0 Å². The van der Waals surface area contributed by atoms with Gasteiger partial charge in [0.1, 0.15) is 0 Å². The molecule has 0 aliphatic carbocycles. The highest BCUT2D eigenvalue weighted by Gasteiger charge is 2.15. The van der Waals surface area contributed by atoms with Gasteiger partial charge in [0, 0.05) is 28.4 Å². The summed E-state index contributed by atoms with van der Waals surface area (Å²) in [5.41, 5.74) is 1.04. The van der Waals surface area contributed by atoms with Crippen LogP contribution in [-0.4, -0.2) is 21.3 Å². The Labute approximate surface area is 129 Å². The van der Waals surface area contributed by atoms with Crippen molar-refractivity contribution in [3.63, 3.8) is 0 Å². The van der Waals surface area contributed by atoms with Crippen LogP contribution in [0.15, 0.2) is 24.3 Å². The molecular formula is C16H21NO3S. The van der Waals surface area contributed by atoms with Crippen molar-refractivity contribution in [2.75, 3.05) is 21.3 Å². The fraction of sp³-hybridized carbons (Fsp3) is 0.375. The van der Waals surface area contributed by atoms with Crippen LogP contribution in [0.3, 0.4) is 0 Å². The molecule has 0 atom stereocenters. The molecule has 0 saturated heterocycles. The first kappa shape index (κ1) is 15.7. The fourth-order valence-corrected chi connectivity index (χ4v) is 3.06. The zero-order valence-electron chi connectivity index (χ0n) is 12.9. The first-order valence-corrected chi connectivity index (χ1v) is 7.55. The van der Waals surface area contributed by atoms with Gasteiger partial charge in [-0.1, -0.05) is 6.07 Å². The van der Waals surface area contributed by atoms with E-state index in [0.717, 1.165) is 12.1 Å². The molecule has 0 aliphatic heterocycles. The number of rotatable bonds is 7. The van der Waals surface area contributed by atoms with Crippen molar-refractivity contribution in [1.82, 2.24) is 5.32 Å². The van der Waals surface area contributed by atoms with Crippen molar-refractivity contribution in [2.45, 2.75) is 20.0 Å². The van der Waals surface area contributed by atoms with Gasteiger partial charge in [0.15, 0.2) is 11.5 Å². The smallest absolute Gasteiger partial charge is 0.203 e. The monoisotopic (exact) mass is 307 g/mol. The molecule has 0 bridgehead atoms. The van der Waals surface area contributed by atoms with E-state index in [-0.39, 0.29) is 0 Å². The maximum absolute atomic E-state index is 5.47. The molecule has 2 rings (SSSR count). The van der Waals surface area contributed by atoms with E-state index in [4.69, 9.17) is 14.2 Å². The van der Waals surface area contributed by atoms with Gasteiger partial charge in [-0.15, -0.1) is 11.3 Å². The first-order chi connectivity index (χ1) is 10.2. The molecule has 0 saturated carbocycles. The minimum Gasteiger partial charge on any atom is -0.493 e. The Morgan fingerprint density at radius 2 is 1.67 bits per heavy atom. The molecular weight excluding hydrogens is 286 g/mol. The van der Waals surface area contributed by atoms with Gasteiger partial charge in [-0.2, -0.15) is 0 Å². The molecule has 0 unspecified atom stereocenters. The van der Waals surface area contributed by atoms with Crippen LogP contribution in [0.4, 0.5) is 0 Å². The Balaban J connectivity index is 2.08. The molecule has 2 aromatic rings. The van der Waals surface area contributed by atoms with Crippen molar-refractivity contribution in [1.29, 1.82) is 0 Å². The van der Waals surface area contributed by atoms with Gasteiger partial charge in [-0.3, -0.25) is 0 Å². The summed E-state index contributed by atoms with van der Waals surface area (Å²) >= 11 is 1.81. The van der Waals surface area contributed by atoms with Crippen LogP contribution >= 0.6 is 11.3 Å². The van der Waals surface area contributed by atoms with E-state index < -0.39 is 0 Å². The lowest BCUT2D eigenvalue weighted by Crippen LogP contribution is -2.13. The molecule has 0 radical (unpaired) electrons. The van der Waals surface area contributed by atoms with Crippen molar-refractivity contribution < 1.29 is 14.2 Å². The average molecular weight is 307 g/mol. The van der Waals surface area contributed by atoms with Crippen LogP contribution in [0.1, 0.15) is 15.3 Å². The van der Waals surface area contributed by atoms with Crippen LogP contribution in [0.25, 0.3) is 0 Å². The number of ether oxygens (including phenoxy) is 3. The number of hydrogen-bond donors (Lipinski definition) is 1. The molecule has 0 fully saturated rings. The lowest BCUT2D eigenvalue weighted by molar-refractivity contribution is 0.321. The molecule has 1 heterocycles. The van der Waals surface area contributed by atoms with Gasteiger partial charge in [0.25, 0.3) is 0 Å². The molecule has 5 heteroatoms. The third-order valence-corrected chi connectivity index (χ3v) is 4.20. The van der Waals surface area contributed by atoms with Gasteiger partial charge in [0.05, 0.1) is 21.3 Å². The molecule has 1 aromatic carbocycles. The number of benzene rings is 1. The number of methoxy groups -OCH3 is 3. The average Bonchev–Trinajstić information content (AvgIpc) is 2.91. The lowest BCUT2D eigenvalue weighted by Gasteiger charge is -2.16. The molecule has 114 valence electrons. The summed E-state index contributed by atoms with van der Waals surface area (Å²) in [5, 5.41) is 3.43. The molecule has 0 amide bonds. The number of thiophene rings is 1. The van der Waals surface area contributed by atoms with E-state index in [1.54, 1.807) is 21.3 Å². The van der Waals surface area contributed by atoms with Gasteiger partial charge >= 0.3 is 0 Å². The van der Waals surface area contributed by atoms with E-state index in [1.807, 2.05) is 23.5 Å². The normalized spacial score (nSPS) is 10.5. The summed E-state index contributed by atoms with van der Waals surface area (Å²) in [4.78, 5) is 2.66. The second-order valence-electron chi connectivity index (χ2n) is 4.61. The molecule has 4 nitrogen and oxygen atoms in total. The highest BCUT2D eigenvalue weighted by atomic mass is 32.1. The molecule has 1 aromatic heterocycles. The summed E-state index contributed by atoms with van der Waals surface area (Å²) in [7, 11) is 4.88. The Morgan fingerprint density at radius 1 is 0.905 bits per heavy atom. The van der Waals surface area contributed by atoms with Gasteiger partial charge in [-0.05, 0) is 25.1 Å². The Kier molecular flexibility index (Phi) is 5.47. The van der Waals surface area contributed by atoms with E-state index in [9.17, 15) is 0 Å². The van der Waals surface area contributed by atoms with Crippen molar-refractivity contribution >= 4 is 11.3 Å². The maximum atomic E-state index is 5.47. The summed E-state index contributed by atoms with van der Waals surface area (Å²) in [5.74, 6) is 2.02. The highest BCUT2D eigenvalue weighted by molar-refractivity contribution is 7.11. The van der Waals surface area contributed by atoms with Crippen molar-refractivity contribution in [3.05, 3.63) is 39.6 Å². The van der Waals surface area contributed by atoms with Gasteiger partial charge < -0.3 is 19.5 Å². The van der Waals surface area contributed by atoms with Crippen molar-refractivity contribution in [2.24, 2.45) is 0 Å². The third kappa shape index (κ3) is 3.68.